The number of pyridine rings is 1. The Kier molecular flexibility index (Phi) is 4.79. The van der Waals surface area contributed by atoms with E-state index in [2.05, 4.69) is 15.6 Å². The number of piperazine rings is 1. The van der Waals surface area contributed by atoms with Crippen molar-refractivity contribution in [2.75, 3.05) is 31.1 Å². The monoisotopic (exact) mass is 342 g/mol. The molecule has 1 atom stereocenters. The normalized spacial score (nSPS) is 21.0. The lowest BCUT2D eigenvalue weighted by atomic mass is 10.1. The van der Waals surface area contributed by atoms with Gasteiger partial charge in [-0.05, 0) is 18.6 Å². The van der Waals surface area contributed by atoms with Gasteiger partial charge >= 0.3 is 6.03 Å². The summed E-state index contributed by atoms with van der Waals surface area (Å²) in [5, 5.41) is 13.5. The highest BCUT2D eigenvalue weighted by Gasteiger charge is 2.31. The Balaban J connectivity index is 1.57. The van der Waals surface area contributed by atoms with Gasteiger partial charge in [-0.3, -0.25) is 14.9 Å². The van der Waals surface area contributed by atoms with Crippen LogP contribution in [0.3, 0.4) is 0 Å². The molecule has 130 valence electrons. The molecule has 1 aromatic rings. The number of amides is 4. The van der Waals surface area contributed by atoms with E-state index in [0.717, 1.165) is 5.82 Å². The number of anilines is 1. The number of nitriles is 1. The predicted octanol–water partition coefficient (Wildman–Crippen LogP) is -0.410. The van der Waals surface area contributed by atoms with Crippen LogP contribution in [0.15, 0.2) is 18.3 Å². The molecule has 25 heavy (non-hydrogen) atoms. The fraction of sp³-hybridized carbons (Fsp3) is 0.438. The van der Waals surface area contributed by atoms with Crippen molar-refractivity contribution >= 4 is 23.7 Å². The van der Waals surface area contributed by atoms with Gasteiger partial charge in [0.25, 0.3) is 0 Å². The second-order valence-corrected chi connectivity index (χ2v) is 5.94. The van der Waals surface area contributed by atoms with Crippen molar-refractivity contribution in [1.29, 1.82) is 5.26 Å². The highest BCUT2D eigenvalue weighted by Crippen LogP contribution is 2.15. The van der Waals surface area contributed by atoms with Crippen LogP contribution in [0.5, 0.6) is 0 Å². The largest absolute Gasteiger partial charge is 0.353 e. The van der Waals surface area contributed by atoms with E-state index in [9.17, 15) is 14.4 Å². The Morgan fingerprint density at radius 2 is 2.00 bits per heavy atom. The second-order valence-electron chi connectivity index (χ2n) is 5.94. The topological polar surface area (TPSA) is 118 Å². The maximum absolute atomic E-state index is 12.6. The van der Waals surface area contributed by atoms with Crippen LogP contribution in [-0.4, -0.2) is 60.0 Å². The first-order valence-electron chi connectivity index (χ1n) is 8.07. The number of nitrogens with one attached hydrogen (secondary N) is 2. The summed E-state index contributed by atoms with van der Waals surface area (Å²) >= 11 is 0. The Hall–Kier alpha value is -3.15. The van der Waals surface area contributed by atoms with Crippen molar-refractivity contribution in [1.82, 2.24) is 20.5 Å². The summed E-state index contributed by atoms with van der Waals surface area (Å²) in [7, 11) is 0. The molecule has 1 aromatic heterocycles. The van der Waals surface area contributed by atoms with Gasteiger partial charge in [0.2, 0.25) is 11.8 Å². The zero-order chi connectivity index (χ0) is 17.8. The van der Waals surface area contributed by atoms with Crippen LogP contribution in [-0.2, 0) is 9.59 Å². The third-order valence-corrected chi connectivity index (χ3v) is 4.31. The summed E-state index contributed by atoms with van der Waals surface area (Å²) in [6.45, 7) is 2.24. The molecule has 3 heterocycles. The van der Waals surface area contributed by atoms with E-state index in [4.69, 9.17) is 5.26 Å². The molecule has 0 saturated carbocycles. The number of carbonyl (C=O) groups excluding carboxylic acids is 3. The number of rotatable bonds is 2. The Morgan fingerprint density at radius 1 is 1.24 bits per heavy atom. The Morgan fingerprint density at radius 3 is 2.64 bits per heavy atom. The number of imide groups is 1. The van der Waals surface area contributed by atoms with Crippen molar-refractivity contribution in [3.63, 3.8) is 0 Å². The van der Waals surface area contributed by atoms with E-state index in [0.29, 0.717) is 38.2 Å². The molecule has 0 radical (unpaired) electrons. The molecular formula is C16H18N6O3. The molecule has 0 aliphatic carbocycles. The lowest BCUT2D eigenvalue weighted by Crippen LogP contribution is -2.55. The SMILES string of the molecule is N#Cc1ccc(N2CCN(C(=O)[C@@H]3CCC(=O)NC(=O)N3)CC2)nc1. The number of urea groups is 1. The minimum Gasteiger partial charge on any atom is -0.353 e. The molecule has 2 saturated heterocycles. The van der Waals surface area contributed by atoms with Crippen LogP contribution >= 0.6 is 0 Å². The minimum absolute atomic E-state index is 0.143. The van der Waals surface area contributed by atoms with Gasteiger partial charge in [-0.25, -0.2) is 9.78 Å². The molecule has 0 unspecified atom stereocenters. The van der Waals surface area contributed by atoms with E-state index in [1.165, 1.54) is 6.20 Å². The number of aromatic nitrogens is 1. The van der Waals surface area contributed by atoms with E-state index in [-0.39, 0.29) is 18.2 Å². The van der Waals surface area contributed by atoms with Gasteiger partial charge in [0, 0.05) is 38.8 Å². The van der Waals surface area contributed by atoms with Gasteiger partial charge in [-0.15, -0.1) is 0 Å². The molecule has 9 nitrogen and oxygen atoms in total. The van der Waals surface area contributed by atoms with Crippen LogP contribution in [0.4, 0.5) is 10.6 Å². The zero-order valence-electron chi connectivity index (χ0n) is 13.6. The highest BCUT2D eigenvalue weighted by molar-refractivity contribution is 5.98. The molecule has 0 aromatic carbocycles. The lowest BCUT2D eigenvalue weighted by molar-refractivity contribution is -0.133. The number of hydrogen-bond acceptors (Lipinski definition) is 6. The first kappa shape index (κ1) is 16.7. The lowest BCUT2D eigenvalue weighted by Gasteiger charge is -2.36. The number of hydrogen-bond donors (Lipinski definition) is 2. The van der Waals surface area contributed by atoms with Crippen LogP contribution < -0.4 is 15.5 Å². The molecular weight excluding hydrogens is 324 g/mol. The molecule has 0 bridgehead atoms. The average Bonchev–Trinajstić information content (AvgIpc) is 2.81. The van der Waals surface area contributed by atoms with Crippen LogP contribution in [0.1, 0.15) is 18.4 Å². The maximum Gasteiger partial charge on any atom is 0.322 e. The van der Waals surface area contributed by atoms with E-state index in [1.54, 1.807) is 17.0 Å². The maximum atomic E-state index is 12.6. The Bertz CT molecular complexity index is 718. The second kappa shape index (κ2) is 7.17. The van der Waals surface area contributed by atoms with E-state index >= 15 is 0 Å². The van der Waals surface area contributed by atoms with Crippen molar-refractivity contribution in [3.8, 4) is 6.07 Å². The fourth-order valence-electron chi connectivity index (χ4n) is 2.93. The summed E-state index contributed by atoms with van der Waals surface area (Å²) < 4.78 is 0. The highest BCUT2D eigenvalue weighted by atomic mass is 16.2. The number of nitrogens with zero attached hydrogens (tertiary/aromatic N) is 4. The van der Waals surface area contributed by atoms with Crippen LogP contribution in [0, 0.1) is 11.3 Å². The molecule has 2 fully saturated rings. The first-order chi connectivity index (χ1) is 12.1. The zero-order valence-corrected chi connectivity index (χ0v) is 13.6. The van der Waals surface area contributed by atoms with Gasteiger partial charge in [0.05, 0.1) is 5.56 Å². The first-order valence-corrected chi connectivity index (χ1v) is 8.07. The average molecular weight is 342 g/mol. The molecule has 0 spiro atoms. The molecule has 2 aliphatic heterocycles. The third kappa shape index (κ3) is 3.85. The molecule has 4 amide bonds. The van der Waals surface area contributed by atoms with E-state index < -0.39 is 12.1 Å². The van der Waals surface area contributed by atoms with Crippen molar-refractivity contribution in [2.24, 2.45) is 0 Å². The summed E-state index contributed by atoms with van der Waals surface area (Å²) in [5.74, 6) is 0.227. The van der Waals surface area contributed by atoms with Gasteiger partial charge < -0.3 is 15.1 Å². The predicted molar refractivity (Wildman–Crippen MR) is 87.4 cm³/mol. The molecule has 3 rings (SSSR count). The summed E-state index contributed by atoms with van der Waals surface area (Å²) in [6, 6.07) is 4.23. The fourth-order valence-corrected chi connectivity index (χ4v) is 2.93. The van der Waals surface area contributed by atoms with Crippen molar-refractivity contribution in [2.45, 2.75) is 18.9 Å². The van der Waals surface area contributed by atoms with Gasteiger partial charge in [0.15, 0.2) is 0 Å². The standard InChI is InChI=1S/C16H18N6O3/c17-9-11-1-3-13(18-10-11)21-5-7-22(8-6-21)15(24)12-2-4-14(23)20-16(25)19-12/h1,3,10,12H,2,4-8H2,(H2,19,20,23,25)/t12-/m0/s1. The van der Waals surface area contributed by atoms with Crippen LogP contribution in [0.2, 0.25) is 0 Å². The summed E-state index contributed by atoms with van der Waals surface area (Å²) in [4.78, 5) is 43.5. The molecule has 9 heteroatoms. The molecule has 2 N–H and O–H groups in total. The summed E-state index contributed by atoms with van der Waals surface area (Å²) in [6.07, 6.45) is 1.97. The van der Waals surface area contributed by atoms with Crippen molar-refractivity contribution < 1.29 is 14.4 Å². The minimum atomic E-state index is -0.675. The van der Waals surface area contributed by atoms with Crippen molar-refractivity contribution in [3.05, 3.63) is 23.9 Å². The third-order valence-electron chi connectivity index (χ3n) is 4.31. The van der Waals surface area contributed by atoms with Gasteiger partial charge in [0.1, 0.15) is 17.9 Å². The van der Waals surface area contributed by atoms with Gasteiger partial charge in [-0.1, -0.05) is 0 Å². The summed E-state index contributed by atoms with van der Waals surface area (Å²) in [5.41, 5.74) is 0.504. The Labute approximate surface area is 144 Å². The quantitative estimate of drug-likeness (QED) is 0.754. The van der Waals surface area contributed by atoms with Gasteiger partial charge in [-0.2, -0.15) is 5.26 Å². The van der Waals surface area contributed by atoms with E-state index in [1.807, 2.05) is 11.0 Å². The van der Waals surface area contributed by atoms with Crippen LogP contribution in [0.25, 0.3) is 0 Å². The smallest absolute Gasteiger partial charge is 0.322 e. The molecule has 2 aliphatic rings. The number of carbonyl (C=O) groups is 3.